The van der Waals surface area contributed by atoms with Crippen LogP contribution in [-0.4, -0.2) is 28.9 Å². The number of para-hydroxylation sites is 1. The van der Waals surface area contributed by atoms with Gasteiger partial charge >= 0.3 is 0 Å². The molecule has 1 unspecified atom stereocenters. The number of aliphatic hydroxyl groups excluding tert-OH is 1. The molecular weight excluding hydrogens is 452 g/mol. The number of carbonyl (C=O) groups excluding carboxylic acids is 2. The van der Waals surface area contributed by atoms with Crippen LogP contribution in [0.1, 0.15) is 17.2 Å². The summed E-state index contributed by atoms with van der Waals surface area (Å²) in [4.78, 5) is 31.7. The number of aromatic nitrogens is 1. The van der Waals surface area contributed by atoms with Crippen LogP contribution in [0, 0.1) is 0 Å². The van der Waals surface area contributed by atoms with Crippen LogP contribution in [0.5, 0.6) is 5.75 Å². The van der Waals surface area contributed by atoms with Crippen LogP contribution in [0.4, 0.5) is 5.69 Å². The predicted molar refractivity (Wildman–Crippen MR) is 140 cm³/mol. The van der Waals surface area contributed by atoms with Crippen molar-refractivity contribution in [2.24, 2.45) is 0 Å². The summed E-state index contributed by atoms with van der Waals surface area (Å²) >= 11 is 0. The third kappa shape index (κ3) is 3.26. The fraction of sp³-hybridized carbons (Fsp3) is 0.0667. The number of Topliss-reactive ketones (excluding diaryl/α,β-unsaturated/α-hetero) is 1. The number of nitrogens with zero attached hydrogens (tertiary/aromatic N) is 1. The van der Waals surface area contributed by atoms with Gasteiger partial charge in [0, 0.05) is 28.4 Å². The van der Waals surface area contributed by atoms with Gasteiger partial charge in [-0.15, -0.1) is 0 Å². The Morgan fingerprint density at radius 2 is 1.56 bits per heavy atom. The number of methoxy groups -OCH3 is 1. The van der Waals surface area contributed by atoms with E-state index in [-0.39, 0.29) is 11.3 Å². The van der Waals surface area contributed by atoms with Crippen LogP contribution < -0.4 is 9.64 Å². The van der Waals surface area contributed by atoms with Crippen molar-refractivity contribution in [3.05, 3.63) is 114 Å². The minimum atomic E-state index is -0.821. The van der Waals surface area contributed by atoms with E-state index in [1.807, 2.05) is 66.7 Å². The Morgan fingerprint density at radius 3 is 2.33 bits per heavy atom. The van der Waals surface area contributed by atoms with E-state index < -0.39 is 17.7 Å². The lowest BCUT2D eigenvalue weighted by molar-refractivity contribution is -0.132. The predicted octanol–water partition coefficient (Wildman–Crippen LogP) is 5.96. The van der Waals surface area contributed by atoms with E-state index in [1.165, 1.54) is 4.90 Å². The SMILES string of the molecule is COc1ccc(N2C(=O)C(=O)/C(=C(/O)c3c[nH]c4ccccc34)C2c2cccc3ccccc23)cc1. The molecule has 1 fully saturated rings. The third-order valence-corrected chi connectivity index (χ3v) is 6.76. The molecule has 0 bridgehead atoms. The van der Waals surface area contributed by atoms with Gasteiger partial charge in [-0.05, 0) is 46.7 Å². The Bertz CT molecular complexity index is 1680. The first-order chi connectivity index (χ1) is 17.6. The monoisotopic (exact) mass is 474 g/mol. The number of carbonyl (C=O) groups is 2. The first kappa shape index (κ1) is 21.7. The second-order valence-corrected chi connectivity index (χ2v) is 8.68. The number of H-pyrrole nitrogens is 1. The van der Waals surface area contributed by atoms with Gasteiger partial charge in [-0.1, -0.05) is 60.7 Å². The van der Waals surface area contributed by atoms with Gasteiger partial charge in [-0.2, -0.15) is 0 Å². The second kappa shape index (κ2) is 8.43. The maximum absolute atomic E-state index is 13.6. The van der Waals surface area contributed by atoms with Crippen LogP contribution in [-0.2, 0) is 9.59 Å². The van der Waals surface area contributed by atoms with Crippen molar-refractivity contribution in [1.82, 2.24) is 4.98 Å². The fourth-order valence-electron chi connectivity index (χ4n) is 5.04. The highest BCUT2D eigenvalue weighted by Gasteiger charge is 2.47. The highest BCUT2D eigenvalue weighted by molar-refractivity contribution is 6.52. The molecular formula is C30H22N2O4. The number of benzene rings is 4. The Balaban J connectivity index is 1.64. The Kier molecular flexibility index (Phi) is 5.08. The maximum Gasteiger partial charge on any atom is 0.300 e. The molecule has 6 nitrogen and oxygen atoms in total. The zero-order chi connectivity index (χ0) is 24.8. The van der Waals surface area contributed by atoms with E-state index >= 15 is 0 Å². The molecule has 0 aliphatic carbocycles. The number of hydrogen-bond acceptors (Lipinski definition) is 4. The maximum atomic E-state index is 13.6. The number of ether oxygens (including phenoxy) is 1. The molecule has 36 heavy (non-hydrogen) atoms. The van der Waals surface area contributed by atoms with Crippen LogP contribution in [0.3, 0.4) is 0 Å². The number of anilines is 1. The van der Waals surface area contributed by atoms with E-state index in [9.17, 15) is 14.7 Å². The minimum Gasteiger partial charge on any atom is -0.507 e. The quantitative estimate of drug-likeness (QED) is 0.191. The number of aliphatic hydroxyl groups is 1. The molecule has 176 valence electrons. The van der Waals surface area contributed by atoms with Gasteiger partial charge in [-0.25, -0.2) is 0 Å². The van der Waals surface area contributed by atoms with Crippen molar-refractivity contribution in [1.29, 1.82) is 0 Å². The number of amides is 1. The topological polar surface area (TPSA) is 82.6 Å². The van der Waals surface area contributed by atoms with Gasteiger partial charge in [0.05, 0.1) is 18.7 Å². The molecule has 5 aromatic rings. The van der Waals surface area contributed by atoms with Crippen molar-refractivity contribution in [2.45, 2.75) is 6.04 Å². The van der Waals surface area contributed by atoms with Gasteiger partial charge in [0.15, 0.2) is 0 Å². The molecule has 1 aliphatic rings. The Morgan fingerprint density at radius 1 is 0.861 bits per heavy atom. The summed E-state index contributed by atoms with van der Waals surface area (Å²) in [6.07, 6.45) is 1.67. The number of ketones is 1. The summed E-state index contributed by atoms with van der Waals surface area (Å²) < 4.78 is 5.27. The zero-order valence-corrected chi connectivity index (χ0v) is 19.4. The van der Waals surface area contributed by atoms with E-state index in [0.29, 0.717) is 17.0 Å². The van der Waals surface area contributed by atoms with Crippen LogP contribution >= 0.6 is 0 Å². The minimum absolute atomic E-state index is 0.0527. The number of fused-ring (bicyclic) bond motifs is 2. The van der Waals surface area contributed by atoms with E-state index in [2.05, 4.69) is 4.98 Å². The summed E-state index contributed by atoms with van der Waals surface area (Å²) in [5, 5.41) is 14.2. The second-order valence-electron chi connectivity index (χ2n) is 8.68. The Labute approximate surface area is 207 Å². The first-order valence-electron chi connectivity index (χ1n) is 11.6. The zero-order valence-electron chi connectivity index (χ0n) is 19.4. The lowest BCUT2D eigenvalue weighted by Crippen LogP contribution is -2.29. The van der Waals surface area contributed by atoms with Gasteiger partial charge in [0.2, 0.25) is 0 Å². The molecule has 4 aromatic carbocycles. The molecule has 6 heteroatoms. The molecule has 0 spiro atoms. The lowest BCUT2D eigenvalue weighted by Gasteiger charge is -2.26. The van der Waals surface area contributed by atoms with Gasteiger partial charge in [0.25, 0.3) is 11.7 Å². The molecule has 0 saturated carbocycles. The number of nitrogens with one attached hydrogen (secondary N) is 1. The van der Waals surface area contributed by atoms with E-state index in [0.717, 1.165) is 27.2 Å². The Hall–Kier alpha value is -4.84. The third-order valence-electron chi connectivity index (χ3n) is 6.76. The largest absolute Gasteiger partial charge is 0.507 e. The molecule has 0 radical (unpaired) electrons. The van der Waals surface area contributed by atoms with Crippen molar-refractivity contribution >= 4 is 44.8 Å². The van der Waals surface area contributed by atoms with Gasteiger partial charge in [-0.3, -0.25) is 14.5 Å². The normalized spacial score (nSPS) is 17.2. The van der Waals surface area contributed by atoms with Crippen LogP contribution in [0.2, 0.25) is 0 Å². The number of rotatable bonds is 4. The molecule has 6 rings (SSSR count). The van der Waals surface area contributed by atoms with E-state index in [1.54, 1.807) is 37.6 Å². The summed E-state index contributed by atoms with van der Waals surface area (Å²) in [5.41, 5.74) is 2.64. The summed E-state index contributed by atoms with van der Waals surface area (Å²) in [6.45, 7) is 0. The average molecular weight is 475 g/mol. The van der Waals surface area contributed by atoms with Gasteiger partial charge < -0.3 is 14.8 Å². The molecule has 1 aromatic heterocycles. The van der Waals surface area contributed by atoms with Crippen molar-refractivity contribution < 1.29 is 19.4 Å². The van der Waals surface area contributed by atoms with Crippen molar-refractivity contribution in [3.8, 4) is 5.75 Å². The summed E-state index contributed by atoms with van der Waals surface area (Å²) in [7, 11) is 1.57. The molecule has 1 aliphatic heterocycles. The summed E-state index contributed by atoms with van der Waals surface area (Å²) in [6, 6.07) is 27.3. The average Bonchev–Trinajstić information content (AvgIpc) is 3.47. The number of hydrogen-bond donors (Lipinski definition) is 2. The lowest BCUT2D eigenvalue weighted by atomic mass is 9.91. The molecule has 2 N–H and O–H groups in total. The summed E-state index contributed by atoms with van der Waals surface area (Å²) in [5.74, 6) is -0.999. The highest BCUT2D eigenvalue weighted by atomic mass is 16.5. The molecule has 1 atom stereocenters. The first-order valence-corrected chi connectivity index (χ1v) is 11.6. The molecule has 1 saturated heterocycles. The number of aromatic amines is 1. The van der Waals surface area contributed by atoms with Crippen molar-refractivity contribution in [3.63, 3.8) is 0 Å². The molecule has 1 amide bonds. The highest BCUT2D eigenvalue weighted by Crippen LogP contribution is 2.45. The molecule has 2 heterocycles. The van der Waals surface area contributed by atoms with Crippen LogP contribution in [0.15, 0.2) is 103 Å². The van der Waals surface area contributed by atoms with Gasteiger partial charge in [0.1, 0.15) is 11.5 Å². The van der Waals surface area contributed by atoms with Crippen LogP contribution in [0.25, 0.3) is 27.4 Å². The standard InChI is InChI=1S/C30H22N2O4/c1-36-20-15-13-19(14-16-20)32-27(23-11-6-8-18-7-2-3-9-21(18)23)26(29(34)30(32)35)28(33)24-17-31-25-12-5-4-10-22(24)25/h2-17,27,31,33H,1H3/b28-26+. The smallest absolute Gasteiger partial charge is 0.300 e. The van der Waals surface area contributed by atoms with Crippen molar-refractivity contribution in [2.75, 3.05) is 12.0 Å². The van der Waals surface area contributed by atoms with E-state index in [4.69, 9.17) is 4.74 Å². The fourth-order valence-corrected chi connectivity index (χ4v) is 5.04.